The first-order valence-corrected chi connectivity index (χ1v) is 22.8. The molecule has 2 nitrogen and oxygen atoms in total. The van der Waals surface area contributed by atoms with E-state index < -0.39 is 0 Å². The van der Waals surface area contributed by atoms with Crippen molar-refractivity contribution in [1.29, 1.82) is 0 Å². The summed E-state index contributed by atoms with van der Waals surface area (Å²) >= 11 is 0. The summed E-state index contributed by atoms with van der Waals surface area (Å²) in [7, 11) is 0. The first kappa shape index (κ1) is 37.8. The molecule has 0 amide bonds. The largest absolute Gasteiger partial charge is 0.311 e. The van der Waals surface area contributed by atoms with Gasteiger partial charge in [-0.2, -0.15) is 0 Å². The third-order valence-corrected chi connectivity index (χ3v) is 13.5. The van der Waals surface area contributed by atoms with Crippen LogP contribution >= 0.6 is 0 Å². The maximum Gasteiger partial charge on any atom is 0.0626 e. The fourth-order valence-electron chi connectivity index (χ4n) is 10.5. The van der Waals surface area contributed by atoms with Crippen molar-refractivity contribution < 1.29 is 0 Å². The summed E-state index contributed by atoms with van der Waals surface area (Å²) in [6.45, 7) is 0. The minimum Gasteiger partial charge on any atom is -0.311 e. The molecule has 66 heavy (non-hydrogen) atoms. The normalized spacial score (nSPS) is 11.6. The van der Waals surface area contributed by atoms with Crippen LogP contribution in [0.15, 0.2) is 255 Å². The molecule has 12 aromatic carbocycles. The Kier molecular flexibility index (Phi) is 8.89. The number of rotatable bonds is 7. The summed E-state index contributed by atoms with van der Waals surface area (Å²) in [6, 6.07) is 93.1. The van der Waals surface area contributed by atoms with Gasteiger partial charge in [-0.1, -0.05) is 194 Å². The van der Waals surface area contributed by atoms with E-state index in [2.05, 4.69) is 264 Å². The van der Waals surface area contributed by atoms with Gasteiger partial charge in [0.2, 0.25) is 0 Å². The first-order valence-electron chi connectivity index (χ1n) is 22.8. The van der Waals surface area contributed by atoms with Gasteiger partial charge in [-0.05, 0) is 126 Å². The molecule has 0 bridgehead atoms. The fourth-order valence-corrected chi connectivity index (χ4v) is 10.5. The molecular formula is C64H42N2. The summed E-state index contributed by atoms with van der Waals surface area (Å²) in [4.78, 5) is 2.36. The molecule has 0 unspecified atom stereocenters. The van der Waals surface area contributed by atoms with Crippen LogP contribution < -0.4 is 4.90 Å². The monoisotopic (exact) mass is 838 g/mol. The van der Waals surface area contributed by atoms with Crippen LogP contribution in [0.2, 0.25) is 0 Å². The van der Waals surface area contributed by atoms with Crippen LogP contribution in [0.3, 0.4) is 0 Å². The van der Waals surface area contributed by atoms with Gasteiger partial charge in [-0.3, -0.25) is 0 Å². The molecule has 0 saturated carbocycles. The lowest BCUT2D eigenvalue weighted by Gasteiger charge is -2.26. The number of hydrogen-bond acceptors (Lipinski definition) is 1. The van der Waals surface area contributed by atoms with Crippen molar-refractivity contribution in [3.05, 3.63) is 255 Å². The highest BCUT2D eigenvalue weighted by Gasteiger charge is 2.22. The van der Waals surface area contributed by atoms with E-state index in [9.17, 15) is 0 Å². The molecule has 0 aliphatic heterocycles. The molecule has 308 valence electrons. The smallest absolute Gasteiger partial charge is 0.0626 e. The van der Waals surface area contributed by atoms with Crippen LogP contribution in [0.25, 0.3) is 104 Å². The van der Waals surface area contributed by atoms with Gasteiger partial charge < -0.3 is 9.47 Å². The van der Waals surface area contributed by atoms with E-state index in [-0.39, 0.29) is 0 Å². The van der Waals surface area contributed by atoms with E-state index >= 15 is 0 Å². The van der Waals surface area contributed by atoms with E-state index in [0.29, 0.717) is 0 Å². The average molecular weight is 839 g/mol. The predicted octanol–water partition coefficient (Wildman–Crippen LogP) is 17.9. The Hall–Kier alpha value is -8.72. The zero-order chi connectivity index (χ0) is 43.6. The van der Waals surface area contributed by atoms with Crippen LogP contribution in [0.5, 0.6) is 0 Å². The Labute approximate surface area is 383 Å². The molecule has 1 heterocycles. The van der Waals surface area contributed by atoms with E-state index in [4.69, 9.17) is 0 Å². The SMILES string of the molecule is c1ccc(-c2ccc(N(c3ccc(-c4ccccc4)cc3)c3ccc(-c4cc5c6ccccc6c6c(c7ccccc7n6-c6ccc7ccccc7c6)c5c5ccccc45)cc3)cc2)cc1. The molecule has 1 aromatic heterocycles. The van der Waals surface area contributed by atoms with Crippen LogP contribution in [0, 0.1) is 0 Å². The second-order valence-corrected chi connectivity index (χ2v) is 17.3. The molecule has 0 N–H and O–H groups in total. The highest BCUT2D eigenvalue weighted by Crippen LogP contribution is 2.47. The van der Waals surface area contributed by atoms with Crippen molar-refractivity contribution in [3.8, 4) is 39.1 Å². The van der Waals surface area contributed by atoms with Gasteiger partial charge in [0.05, 0.1) is 11.0 Å². The average Bonchev–Trinajstić information content (AvgIpc) is 3.75. The van der Waals surface area contributed by atoms with Crippen molar-refractivity contribution in [3.63, 3.8) is 0 Å². The minimum atomic E-state index is 1.09. The molecule has 0 radical (unpaired) electrons. The molecule has 0 aliphatic rings. The predicted molar refractivity (Wildman–Crippen MR) is 282 cm³/mol. The summed E-state index contributed by atoms with van der Waals surface area (Å²) in [5.41, 5.74) is 14.1. The van der Waals surface area contributed by atoms with E-state index in [0.717, 1.165) is 17.1 Å². The third-order valence-electron chi connectivity index (χ3n) is 13.5. The minimum absolute atomic E-state index is 1.09. The van der Waals surface area contributed by atoms with Crippen LogP contribution in [0.1, 0.15) is 0 Å². The summed E-state index contributed by atoms with van der Waals surface area (Å²) in [5.74, 6) is 0. The Morgan fingerprint density at radius 3 is 1.36 bits per heavy atom. The summed E-state index contributed by atoms with van der Waals surface area (Å²) in [5, 5.41) is 12.6. The molecule has 13 aromatic rings. The quantitative estimate of drug-likeness (QED) is 0.145. The lowest BCUT2D eigenvalue weighted by atomic mass is 9.88. The van der Waals surface area contributed by atoms with Gasteiger partial charge in [0, 0.05) is 44.3 Å². The van der Waals surface area contributed by atoms with Crippen LogP contribution in [-0.4, -0.2) is 4.57 Å². The lowest BCUT2D eigenvalue weighted by molar-refractivity contribution is 1.19. The van der Waals surface area contributed by atoms with Crippen molar-refractivity contribution in [2.45, 2.75) is 0 Å². The van der Waals surface area contributed by atoms with E-state index in [1.165, 1.54) is 104 Å². The molecule has 2 heteroatoms. The Morgan fingerprint density at radius 2 is 0.742 bits per heavy atom. The second kappa shape index (κ2) is 15.5. The van der Waals surface area contributed by atoms with Gasteiger partial charge in [-0.15, -0.1) is 0 Å². The highest BCUT2D eigenvalue weighted by molar-refractivity contribution is 6.38. The van der Waals surface area contributed by atoms with Crippen molar-refractivity contribution >= 4 is 82.0 Å². The van der Waals surface area contributed by atoms with Gasteiger partial charge in [-0.25, -0.2) is 0 Å². The van der Waals surface area contributed by atoms with Crippen LogP contribution in [-0.2, 0) is 0 Å². The number of hydrogen-bond donors (Lipinski definition) is 0. The molecule has 0 atom stereocenters. The Balaban J connectivity index is 0.990. The summed E-state index contributed by atoms with van der Waals surface area (Å²) < 4.78 is 2.50. The van der Waals surface area contributed by atoms with Crippen molar-refractivity contribution in [2.75, 3.05) is 4.90 Å². The Morgan fingerprint density at radius 1 is 0.273 bits per heavy atom. The standard InChI is InChI=1S/C64H42N2/c1-3-15-43(16-4-1)46-27-34-50(35-28-46)65(51-36-29-47(30-37-51)44-17-5-2-6-18-44)52-38-32-48(33-39-52)59-42-60-55-22-10-12-24-57(55)64-63(62(60)56-23-11-9-21-54(56)59)58-25-13-14-26-61(58)66(64)53-40-31-45-19-7-8-20-49(45)41-53/h1-42H. The number of para-hydroxylation sites is 1. The third kappa shape index (κ3) is 6.18. The topological polar surface area (TPSA) is 8.17 Å². The van der Waals surface area contributed by atoms with Gasteiger partial charge >= 0.3 is 0 Å². The van der Waals surface area contributed by atoms with Gasteiger partial charge in [0.1, 0.15) is 0 Å². The van der Waals surface area contributed by atoms with E-state index in [1.54, 1.807) is 0 Å². The van der Waals surface area contributed by atoms with Gasteiger partial charge in [0.25, 0.3) is 0 Å². The highest BCUT2D eigenvalue weighted by atomic mass is 15.1. The number of anilines is 3. The molecule has 0 aliphatic carbocycles. The fraction of sp³-hybridized carbons (Fsp3) is 0. The first-order chi connectivity index (χ1) is 32.7. The number of benzene rings is 12. The second-order valence-electron chi connectivity index (χ2n) is 17.3. The maximum absolute atomic E-state index is 2.50. The van der Waals surface area contributed by atoms with Crippen LogP contribution in [0.4, 0.5) is 17.1 Å². The molecule has 0 spiro atoms. The molecule has 0 fully saturated rings. The van der Waals surface area contributed by atoms with E-state index in [1.807, 2.05) is 0 Å². The summed E-state index contributed by atoms with van der Waals surface area (Å²) in [6.07, 6.45) is 0. The lowest BCUT2D eigenvalue weighted by Crippen LogP contribution is -2.09. The Bertz CT molecular complexity index is 3860. The maximum atomic E-state index is 2.50. The molecule has 13 rings (SSSR count). The van der Waals surface area contributed by atoms with Crippen molar-refractivity contribution in [1.82, 2.24) is 4.57 Å². The zero-order valence-electron chi connectivity index (χ0n) is 36.1. The molecular weight excluding hydrogens is 797 g/mol. The van der Waals surface area contributed by atoms with Crippen molar-refractivity contribution in [2.24, 2.45) is 0 Å². The number of fused-ring (bicyclic) bond motifs is 11. The number of nitrogens with zero attached hydrogens (tertiary/aromatic N) is 2. The number of aromatic nitrogens is 1. The van der Waals surface area contributed by atoms with Gasteiger partial charge in [0.15, 0.2) is 0 Å². The molecule has 0 saturated heterocycles. The zero-order valence-corrected chi connectivity index (χ0v) is 36.1.